The second-order valence-electron chi connectivity index (χ2n) is 9.51. The SMILES string of the molecule is CCOC(=O)/C=C/[C@H](CCC(N)=O)NC(=O)[C@H](Cc1ccccc1)NC(=O)[C@H](CC(C)C)NC(=O)c1ccno1. The molecule has 5 N–H and O–H groups in total. The molecule has 2 aromatic rings. The summed E-state index contributed by atoms with van der Waals surface area (Å²) < 4.78 is 9.77. The molecule has 2 rings (SSSR count). The molecule has 0 fully saturated rings. The predicted octanol–water partition coefficient (Wildman–Crippen LogP) is 1.42. The normalized spacial score (nSPS) is 13.3. The van der Waals surface area contributed by atoms with Gasteiger partial charge in [0.1, 0.15) is 12.1 Å². The van der Waals surface area contributed by atoms with Gasteiger partial charge in [-0.1, -0.05) is 55.4 Å². The molecule has 12 nitrogen and oxygen atoms in total. The van der Waals surface area contributed by atoms with E-state index >= 15 is 0 Å². The predicted molar refractivity (Wildman–Crippen MR) is 145 cm³/mol. The molecule has 1 aromatic heterocycles. The zero-order chi connectivity index (χ0) is 29.5. The number of nitrogens with two attached hydrogens (primary N) is 1. The van der Waals surface area contributed by atoms with Gasteiger partial charge in [0.25, 0.3) is 5.91 Å². The lowest BCUT2D eigenvalue weighted by Gasteiger charge is -2.25. The summed E-state index contributed by atoms with van der Waals surface area (Å²) in [6, 6.07) is 7.71. The van der Waals surface area contributed by atoms with Gasteiger partial charge in [-0.3, -0.25) is 19.2 Å². The Bertz CT molecular complexity index is 1150. The van der Waals surface area contributed by atoms with Gasteiger partial charge in [0.2, 0.25) is 23.5 Å². The van der Waals surface area contributed by atoms with E-state index in [-0.39, 0.29) is 37.5 Å². The number of ether oxygens (including phenoxy) is 1. The van der Waals surface area contributed by atoms with E-state index in [1.807, 2.05) is 44.2 Å². The number of rotatable bonds is 16. The summed E-state index contributed by atoms with van der Waals surface area (Å²) in [6.45, 7) is 5.63. The summed E-state index contributed by atoms with van der Waals surface area (Å²) in [6.07, 6.45) is 4.43. The third kappa shape index (κ3) is 11.5. The fourth-order valence-electron chi connectivity index (χ4n) is 3.78. The highest BCUT2D eigenvalue weighted by atomic mass is 16.5. The van der Waals surface area contributed by atoms with Gasteiger partial charge in [0.15, 0.2) is 0 Å². The van der Waals surface area contributed by atoms with Crippen LogP contribution in [0.1, 0.15) is 56.2 Å². The van der Waals surface area contributed by atoms with Crippen molar-refractivity contribution in [2.75, 3.05) is 6.61 Å². The highest BCUT2D eigenvalue weighted by molar-refractivity contribution is 5.96. The molecule has 3 atom stereocenters. The molecule has 0 spiro atoms. The molecular formula is C28H37N5O7. The first-order valence-electron chi connectivity index (χ1n) is 13.1. The Morgan fingerprint density at radius 3 is 2.30 bits per heavy atom. The summed E-state index contributed by atoms with van der Waals surface area (Å²) in [7, 11) is 0. The number of nitrogens with one attached hydrogen (secondary N) is 3. The van der Waals surface area contributed by atoms with E-state index in [1.165, 1.54) is 18.3 Å². The Labute approximate surface area is 233 Å². The van der Waals surface area contributed by atoms with Gasteiger partial charge in [0, 0.05) is 31.0 Å². The fraction of sp³-hybridized carbons (Fsp3) is 0.429. The van der Waals surface area contributed by atoms with Crippen LogP contribution in [-0.2, 0) is 30.3 Å². The average molecular weight is 556 g/mol. The Morgan fingerprint density at radius 1 is 1.00 bits per heavy atom. The van der Waals surface area contributed by atoms with Crippen LogP contribution in [0.15, 0.2) is 59.3 Å². The highest BCUT2D eigenvalue weighted by Gasteiger charge is 2.29. The number of benzene rings is 1. The van der Waals surface area contributed by atoms with Crippen molar-refractivity contribution in [1.29, 1.82) is 0 Å². The van der Waals surface area contributed by atoms with Crippen molar-refractivity contribution in [1.82, 2.24) is 21.1 Å². The van der Waals surface area contributed by atoms with Gasteiger partial charge >= 0.3 is 5.97 Å². The maximum absolute atomic E-state index is 13.5. The monoisotopic (exact) mass is 555 g/mol. The van der Waals surface area contributed by atoms with Gasteiger partial charge in [-0.05, 0) is 31.2 Å². The zero-order valence-electron chi connectivity index (χ0n) is 22.9. The number of hydrogen-bond acceptors (Lipinski definition) is 8. The number of primary amides is 1. The third-order valence-corrected chi connectivity index (χ3v) is 5.69. The molecule has 0 radical (unpaired) electrons. The Balaban J connectivity index is 2.25. The van der Waals surface area contributed by atoms with Crippen molar-refractivity contribution >= 4 is 29.6 Å². The first-order valence-corrected chi connectivity index (χ1v) is 13.1. The smallest absolute Gasteiger partial charge is 0.330 e. The highest BCUT2D eigenvalue weighted by Crippen LogP contribution is 2.10. The van der Waals surface area contributed by atoms with Crippen molar-refractivity contribution in [3.8, 4) is 0 Å². The van der Waals surface area contributed by atoms with Crippen LogP contribution >= 0.6 is 0 Å². The number of aromatic nitrogens is 1. The molecule has 1 aromatic carbocycles. The Hall–Kier alpha value is -4.48. The van der Waals surface area contributed by atoms with Crippen LogP contribution in [0.3, 0.4) is 0 Å². The molecule has 4 amide bonds. The lowest BCUT2D eigenvalue weighted by atomic mass is 10.0. The molecular weight excluding hydrogens is 518 g/mol. The Kier molecular flexibility index (Phi) is 13.1. The van der Waals surface area contributed by atoms with E-state index in [0.717, 1.165) is 11.6 Å². The van der Waals surface area contributed by atoms with E-state index in [2.05, 4.69) is 21.1 Å². The molecule has 0 bridgehead atoms. The fourth-order valence-corrected chi connectivity index (χ4v) is 3.78. The largest absolute Gasteiger partial charge is 0.463 e. The van der Waals surface area contributed by atoms with Crippen LogP contribution in [0.4, 0.5) is 0 Å². The number of amides is 4. The topological polar surface area (TPSA) is 183 Å². The van der Waals surface area contributed by atoms with E-state index in [0.29, 0.717) is 6.42 Å². The summed E-state index contributed by atoms with van der Waals surface area (Å²) in [5.41, 5.74) is 6.06. The molecule has 0 unspecified atom stereocenters. The minimum Gasteiger partial charge on any atom is -0.463 e. The first kappa shape index (κ1) is 31.7. The summed E-state index contributed by atoms with van der Waals surface area (Å²) in [5.74, 6) is -2.91. The molecule has 0 aliphatic heterocycles. The lowest BCUT2D eigenvalue weighted by molar-refractivity contribution is -0.137. The van der Waals surface area contributed by atoms with E-state index in [9.17, 15) is 24.0 Å². The molecule has 0 saturated carbocycles. The number of nitrogens with zero attached hydrogens (tertiary/aromatic N) is 1. The maximum atomic E-state index is 13.5. The van der Waals surface area contributed by atoms with Crippen LogP contribution in [0.5, 0.6) is 0 Å². The van der Waals surface area contributed by atoms with Crippen LogP contribution in [0.2, 0.25) is 0 Å². The minimum absolute atomic E-state index is 0.0402. The van der Waals surface area contributed by atoms with E-state index < -0.39 is 47.7 Å². The molecule has 0 aliphatic carbocycles. The first-order chi connectivity index (χ1) is 19.1. The number of esters is 1. The maximum Gasteiger partial charge on any atom is 0.330 e. The quantitative estimate of drug-likeness (QED) is 0.177. The molecule has 0 saturated heterocycles. The van der Waals surface area contributed by atoms with Crippen LogP contribution in [-0.4, -0.2) is 59.5 Å². The standard InChI is InChI=1S/C28H37N5O7/c1-4-39-25(35)13-11-20(10-12-24(29)34)31-26(36)22(17-19-8-6-5-7-9-19)32-27(37)21(16-18(2)3)33-28(38)23-14-15-30-40-23/h5-9,11,13-15,18,20-22H,4,10,12,16-17H2,1-3H3,(H2,29,34)(H,31,36)(H,32,37)(H,33,38)/b13-11+/t20-,21-,22-/m0/s1. The van der Waals surface area contributed by atoms with Crippen molar-refractivity contribution in [3.05, 3.63) is 66.1 Å². The molecule has 40 heavy (non-hydrogen) atoms. The van der Waals surface area contributed by atoms with E-state index in [4.69, 9.17) is 15.0 Å². The Morgan fingerprint density at radius 2 is 1.70 bits per heavy atom. The molecule has 12 heteroatoms. The molecule has 0 aliphatic rings. The van der Waals surface area contributed by atoms with Crippen molar-refractivity contribution in [3.63, 3.8) is 0 Å². The average Bonchev–Trinajstić information content (AvgIpc) is 3.45. The van der Waals surface area contributed by atoms with Gasteiger partial charge < -0.3 is 30.9 Å². The summed E-state index contributed by atoms with van der Waals surface area (Å²) in [5, 5.41) is 11.7. The van der Waals surface area contributed by atoms with Crippen molar-refractivity contribution in [2.45, 2.75) is 64.6 Å². The minimum atomic E-state index is -1.04. The number of carbonyl (C=O) groups is 5. The van der Waals surface area contributed by atoms with Gasteiger partial charge in [-0.2, -0.15) is 0 Å². The van der Waals surface area contributed by atoms with Crippen LogP contribution in [0, 0.1) is 5.92 Å². The van der Waals surface area contributed by atoms with Gasteiger partial charge in [0.05, 0.1) is 12.8 Å². The second-order valence-corrected chi connectivity index (χ2v) is 9.51. The van der Waals surface area contributed by atoms with Gasteiger partial charge in [-0.15, -0.1) is 0 Å². The molecule has 216 valence electrons. The lowest BCUT2D eigenvalue weighted by Crippen LogP contribution is -2.55. The van der Waals surface area contributed by atoms with Crippen LogP contribution in [0.25, 0.3) is 0 Å². The van der Waals surface area contributed by atoms with Gasteiger partial charge in [-0.25, -0.2) is 4.79 Å². The third-order valence-electron chi connectivity index (χ3n) is 5.69. The second kappa shape index (κ2) is 16.5. The van der Waals surface area contributed by atoms with Crippen LogP contribution < -0.4 is 21.7 Å². The summed E-state index contributed by atoms with van der Waals surface area (Å²) in [4.78, 5) is 62.6. The van der Waals surface area contributed by atoms with E-state index in [1.54, 1.807) is 6.92 Å². The number of carbonyl (C=O) groups excluding carboxylic acids is 5. The van der Waals surface area contributed by atoms with Crippen molar-refractivity contribution in [2.24, 2.45) is 11.7 Å². The number of hydrogen-bond donors (Lipinski definition) is 4. The summed E-state index contributed by atoms with van der Waals surface area (Å²) >= 11 is 0. The zero-order valence-corrected chi connectivity index (χ0v) is 22.9. The molecule has 1 heterocycles. The van der Waals surface area contributed by atoms with Crippen molar-refractivity contribution < 1.29 is 33.2 Å².